The summed E-state index contributed by atoms with van der Waals surface area (Å²) in [5, 5.41) is 8.65. The van der Waals surface area contributed by atoms with Gasteiger partial charge in [-0.3, -0.25) is 0 Å². The second-order valence-electron chi connectivity index (χ2n) is 3.68. The molecule has 1 aliphatic rings. The second-order valence-corrected chi connectivity index (χ2v) is 3.68. The summed E-state index contributed by atoms with van der Waals surface area (Å²) in [7, 11) is 3.54. The number of amides is 2. The molecule has 1 fully saturated rings. The van der Waals surface area contributed by atoms with E-state index in [1.165, 1.54) is 0 Å². The summed E-state index contributed by atoms with van der Waals surface area (Å²) in [6.07, 6.45) is 2.80. The fourth-order valence-electron chi connectivity index (χ4n) is 1.58. The number of aliphatic hydroxyl groups excluding tert-OH is 1. The molecule has 4 heteroatoms. The summed E-state index contributed by atoms with van der Waals surface area (Å²) in [6.45, 7) is 1.09. The Labute approximate surface area is 79.1 Å². The summed E-state index contributed by atoms with van der Waals surface area (Å²) in [5.74, 6) is 0. The van der Waals surface area contributed by atoms with Crippen molar-refractivity contribution in [3.63, 3.8) is 0 Å². The lowest BCUT2D eigenvalue weighted by Gasteiger charge is -2.42. The van der Waals surface area contributed by atoms with Crippen molar-refractivity contribution in [3.05, 3.63) is 0 Å². The number of hydrogen-bond acceptors (Lipinski definition) is 2. The fourth-order valence-corrected chi connectivity index (χ4v) is 1.58. The molecule has 0 bridgehead atoms. The Kier molecular flexibility index (Phi) is 3.54. The van der Waals surface area contributed by atoms with Gasteiger partial charge in [0.2, 0.25) is 0 Å². The highest BCUT2D eigenvalue weighted by atomic mass is 16.3. The number of carbonyl (C=O) groups is 1. The number of rotatable bonds is 3. The molecule has 1 N–H and O–H groups in total. The van der Waals surface area contributed by atoms with Crippen molar-refractivity contribution in [2.45, 2.75) is 25.3 Å². The van der Waals surface area contributed by atoms with Crippen molar-refractivity contribution in [2.75, 3.05) is 27.2 Å². The zero-order chi connectivity index (χ0) is 9.84. The molecule has 0 radical (unpaired) electrons. The van der Waals surface area contributed by atoms with Crippen LogP contribution < -0.4 is 0 Å². The first-order valence-electron chi connectivity index (χ1n) is 4.75. The molecule has 1 rings (SSSR count). The maximum atomic E-state index is 11.5. The van der Waals surface area contributed by atoms with E-state index < -0.39 is 0 Å². The largest absolute Gasteiger partial charge is 0.396 e. The lowest BCUT2D eigenvalue weighted by Crippen LogP contribution is -2.54. The molecule has 0 spiro atoms. The molecule has 0 saturated carbocycles. The molecule has 0 aromatic heterocycles. The highest BCUT2D eigenvalue weighted by Gasteiger charge is 2.32. The second kappa shape index (κ2) is 4.46. The first kappa shape index (κ1) is 10.3. The van der Waals surface area contributed by atoms with Crippen molar-refractivity contribution in [2.24, 2.45) is 0 Å². The molecule has 13 heavy (non-hydrogen) atoms. The van der Waals surface area contributed by atoms with Crippen molar-refractivity contribution in [3.8, 4) is 0 Å². The minimum atomic E-state index is 0.0918. The summed E-state index contributed by atoms with van der Waals surface area (Å²) in [5.41, 5.74) is 0. The topological polar surface area (TPSA) is 43.8 Å². The van der Waals surface area contributed by atoms with Crippen LogP contribution in [0, 0.1) is 0 Å². The Bertz CT molecular complexity index is 182. The molecule has 2 amide bonds. The quantitative estimate of drug-likeness (QED) is 0.698. The Balaban J connectivity index is 2.31. The van der Waals surface area contributed by atoms with Crippen LogP contribution in [0.2, 0.25) is 0 Å². The monoisotopic (exact) mass is 186 g/mol. The summed E-state index contributed by atoms with van der Waals surface area (Å²) in [4.78, 5) is 15.0. The van der Waals surface area contributed by atoms with Gasteiger partial charge in [0.1, 0.15) is 0 Å². The number of carbonyl (C=O) groups excluding carboxylic acids is 1. The molecule has 1 aliphatic heterocycles. The fraction of sp³-hybridized carbons (Fsp3) is 0.889. The first-order valence-corrected chi connectivity index (χ1v) is 4.75. The normalized spacial score (nSPS) is 21.2. The molecule has 1 atom stereocenters. The van der Waals surface area contributed by atoms with Gasteiger partial charge in [-0.25, -0.2) is 4.79 Å². The number of nitrogens with zero attached hydrogens (tertiary/aromatic N) is 2. The highest BCUT2D eigenvalue weighted by molar-refractivity contribution is 5.75. The van der Waals surface area contributed by atoms with Gasteiger partial charge in [-0.1, -0.05) is 0 Å². The Morgan fingerprint density at radius 1 is 1.62 bits per heavy atom. The van der Waals surface area contributed by atoms with Crippen LogP contribution in [0.3, 0.4) is 0 Å². The zero-order valence-corrected chi connectivity index (χ0v) is 8.36. The summed E-state index contributed by atoms with van der Waals surface area (Å²) >= 11 is 0. The van der Waals surface area contributed by atoms with Crippen molar-refractivity contribution < 1.29 is 9.90 Å². The number of urea groups is 1. The Morgan fingerprint density at radius 3 is 2.69 bits per heavy atom. The summed E-state index contributed by atoms with van der Waals surface area (Å²) < 4.78 is 0. The maximum absolute atomic E-state index is 11.5. The van der Waals surface area contributed by atoms with Crippen LogP contribution in [0.4, 0.5) is 4.79 Å². The number of likely N-dealkylation sites (tertiary alicyclic amines) is 1. The number of aliphatic hydroxyl groups is 1. The average molecular weight is 186 g/mol. The van der Waals surface area contributed by atoms with E-state index in [-0.39, 0.29) is 12.6 Å². The summed E-state index contributed by atoms with van der Waals surface area (Å²) in [6, 6.07) is 0.455. The van der Waals surface area contributed by atoms with E-state index in [1.807, 2.05) is 4.90 Å². The molecule has 4 nitrogen and oxygen atoms in total. The van der Waals surface area contributed by atoms with Crippen molar-refractivity contribution >= 4 is 6.03 Å². The average Bonchev–Trinajstić information content (AvgIpc) is 2.03. The van der Waals surface area contributed by atoms with E-state index >= 15 is 0 Å². The minimum Gasteiger partial charge on any atom is -0.396 e. The van der Waals surface area contributed by atoms with Crippen LogP contribution in [0.15, 0.2) is 0 Å². The SMILES string of the molecule is CN(C)C(=O)N1CCC1CCCO. The zero-order valence-electron chi connectivity index (χ0n) is 8.36. The standard InChI is InChI=1S/C9H18N2O2/c1-10(2)9(13)11-6-5-8(11)4-3-7-12/h8,12H,3-7H2,1-2H3. The molecule has 1 saturated heterocycles. The molecule has 0 aliphatic carbocycles. The van der Waals surface area contributed by atoms with Crippen molar-refractivity contribution in [1.29, 1.82) is 0 Å². The van der Waals surface area contributed by atoms with Crippen LogP contribution in [-0.2, 0) is 0 Å². The van der Waals surface area contributed by atoms with E-state index in [2.05, 4.69) is 0 Å². The van der Waals surface area contributed by atoms with Gasteiger partial charge in [0.15, 0.2) is 0 Å². The predicted octanol–water partition coefficient (Wildman–Crippen LogP) is 0.515. The van der Waals surface area contributed by atoms with Gasteiger partial charge in [0.25, 0.3) is 0 Å². The molecule has 1 unspecified atom stereocenters. The van der Waals surface area contributed by atoms with E-state index in [4.69, 9.17) is 5.11 Å². The molecular weight excluding hydrogens is 168 g/mol. The number of hydrogen-bond donors (Lipinski definition) is 1. The Hall–Kier alpha value is -0.770. The minimum absolute atomic E-state index is 0.0918. The van der Waals surface area contributed by atoms with Gasteiger partial charge in [0, 0.05) is 33.3 Å². The lowest BCUT2D eigenvalue weighted by molar-refractivity contribution is 0.0861. The third-order valence-corrected chi connectivity index (χ3v) is 2.47. The van der Waals surface area contributed by atoms with Gasteiger partial charge in [-0.15, -0.1) is 0 Å². The lowest BCUT2D eigenvalue weighted by atomic mass is 9.99. The van der Waals surface area contributed by atoms with E-state index in [1.54, 1.807) is 19.0 Å². The van der Waals surface area contributed by atoms with Gasteiger partial charge in [-0.2, -0.15) is 0 Å². The maximum Gasteiger partial charge on any atom is 0.319 e. The smallest absolute Gasteiger partial charge is 0.319 e. The predicted molar refractivity (Wildman–Crippen MR) is 50.5 cm³/mol. The van der Waals surface area contributed by atoms with Gasteiger partial charge < -0.3 is 14.9 Å². The Morgan fingerprint density at radius 2 is 2.31 bits per heavy atom. The van der Waals surface area contributed by atoms with Gasteiger partial charge >= 0.3 is 6.03 Å². The van der Waals surface area contributed by atoms with Crippen LogP contribution in [0.5, 0.6) is 0 Å². The highest BCUT2D eigenvalue weighted by Crippen LogP contribution is 2.22. The van der Waals surface area contributed by atoms with Crippen LogP contribution in [-0.4, -0.2) is 54.2 Å². The van der Waals surface area contributed by atoms with E-state index in [0.717, 1.165) is 25.8 Å². The van der Waals surface area contributed by atoms with E-state index in [0.29, 0.717) is 6.04 Å². The molecule has 1 heterocycles. The molecule has 0 aromatic carbocycles. The van der Waals surface area contributed by atoms with Crippen LogP contribution in [0.1, 0.15) is 19.3 Å². The third kappa shape index (κ3) is 2.34. The van der Waals surface area contributed by atoms with Gasteiger partial charge in [0.05, 0.1) is 0 Å². The molecule has 0 aromatic rings. The molecular formula is C9H18N2O2. The molecule has 76 valence electrons. The van der Waals surface area contributed by atoms with E-state index in [9.17, 15) is 4.79 Å². The van der Waals surface area contributed by atoms with Gasteiger partial charge in [-0.05, 0) is 19.3 Å². The first-order chi connectivity index (χ1) is 6.16. The van der Waals surface area contributed by atoms with Crippen LogP contribution in [0.25, 0.3) is 0 Å². The third-order valence-electron chi connectivity index (χ3n) is 2.47. The van der Waals surface area contributed by atoms with Crippen LogP contribution >= 0.6 is 0 Å². The van der Waals surface area contributed by atoms with Crippen molar-refractivity contribution in [1.82, 2.24) is 9.80 Å².